The molecule has 5 nitrogen and oxygen atoms in total. The topological polar surface area (TPSA) is 65.4 Å². The fraction of sp³-hybridized carbons (Fsp3) is 0.333. The highest BCUT2D eigenvalue weighted by atomic mass is 16.5. The van der Waals surface area contributed by atoms with Crippen LogP contribution in [0.1, 0.15) is 30.0 Å². The van der Waals surface area contributed by atoms with E-state index in [9.17, 15) is 4.79 Å². The predicted octanol–water partition coefficient (Wildman–Crippen LogP) is 3.10. The standard InChI is InChI=1S/C21H25N3O2/c1-3-12-26-20-10-8-18(9-11-20)14-23-21(25)16-24(2)15-19-6-4-17(13-22)5-7-19/h4-11H,3,12,14-16H2,1-2H3,(H,23,25). The number of likely N-dealkylation sites (N-methyl/N-ethyl adjacent to an activating group) is 1. The third-order valence-electron chi connectivity index (χ3n) is 3.83. The van der Waals surface area contributed by atoms with Gasteiger partial charge < -0.3 is 10.1 Å². The average molecular weight is 351 g/mol. The average Bonchev–Trinajstić information content (AvgIpc) is 2.66. The van der Waals surface area contributed by atoms with E-state index in [4.69, 9.17) is 10.00 Å². The Labute approximate surface area is 155 Å². The zero-order valence-corrected chi connectivity index (χ0v) is 15.4. The zero-order chi connectivity index (χ0) is 18.8. The maximum Gasteiger partial charge on any atom is 0.234 e. The first kappa shape index (κ1) is 19.5. The maximum absolute atomic E-state index is 12.1. The number of nitrogens with zero attached hydrogens (tertiary/aromatic N) is 2. The molecule has 0 saturated carbocycles. The number of hydrogen-bond acceptors (Lipinski definition) is 4. The van der Waals surface area contributed by atoms with E-state index in [2.05, 4.69) is 18.3 Å². The van der Waals surface area contributed by atoms with Gasteiger partial charge in [-0.15, -0.1) is 0 Å². The number of carbonyl (C=O) groups excluding carboxylic acids is 1. The third kappa shape index (κ3) is 6.58. The smallest absolute Gasteiger partial charge is 0.234 e. The van der Waals surface area contributed by atoms with Crippen LogP contribution >= 0.6 is 0 Å². The molecule has 0 radical (unpaired) electrons. The van der Waals surface area contributed by atoms with E-state index in [1.165, 1.54) is 0 Å². The Hall–Kier alpha value is -2.84. The van der Waals surface area contributed by atoms with Crippen molar-refractivity contribution in [2.24, 2.45) is 0 Å². The molecule has 2 aromatic carbocycles. The van der Waals surface area contributed by atoms with Gasteiger partial charge in [0.1, 0.15) is 5.75 Å². The van der Waals surface area contributed by atoms with Gasteiger partial charge in [-0.3, -0.25) is 9.69 Å². The number of benzene rings is 2. The van der Waals surface area contributed by atoms with Crippen molar-refractivity contribution in [2.75, 3.05) is 20.2 Å². The van der Waals surface area contributed by atoms with E-state index in [0.29, 0.717) is 31.8 Å². The Morgan fingerprint density at radius 3 is 2.38 bits per heavy atom. The van der Waals surface area contributed by atoms with Gasteiger partial charge in [0.2, 0.25) is 5.91 Å². The Morgan fingerprint density at radius 2 is 1.77 bits per heavy atom. The van der Waals surface area contributed by atoms with E-state index in [1.807, 2.05) is 48.3 Å². The van der Waals surface area contributed by atoms with Crippen LogP contribution < -0.4 is 10.1 Å². The number of nitrogens with one attached hydrogen (secondary N) is 1. The predicted molar refractivity (Wildman–Crippen MR) is 102 cm³/mol. The van der Waals surface area contributed by atoms with Gasteiger partial charge in [-0.25, -0.2) is 0 Å². The molecule has 0 unspecified atom stereocenters. The number of carbonyl (C=O) groups is 1. The second kappa shape index (κ2) is 10.2. The molecule has 0 heterocycles. The van der Waals surface area contributed by atoms with Crippen LogP contribution in [0.4, 0.5) is 0 Å². The number of amides is 1. The van der Waals surface area contributed by atoms with E-state index in [1.54, 1.807) is 12.1 Å². The largest absolute Gasteiger partial charge is 0.494 e. The number of hydrogen-bond donors (Lipinski definition) is 1. The first-order valence-electron chi connectivity index (χ1n) is 8.76. The molecule has 0 fully saturated rings. The SMILES string of the molecule is CCCOc1ccc(CNC(=O)CN(C)Cc2ccc(C#N)cc2)cc1. The van der Waals surface area contributed by atoms with Crippen LogP contribution in [0, 0.1) is 11.3 Å². The molecule has 26 heavy (non-hydrogen) atoms. The molecule has 0 aliphatic rings. The van der Waals surface area contributed by atoms with Crippen LogP contribution in [-0.4, -0.2) is 31.0 Å². The molecule has 1 amide bonds. The van der Waals surface area contributed by atoms with Crippen LogP contribution in [0.15, 0.2) is 48.5 Å². The Balaban J connectivity index is 1.74. The van der Waals surface area contributed by atoms with Crippen LogP contribution in [0.2, 0.25) is 0 Å². The summed E-state index contributed by atoms with van der Waals surface area (Å²) in [6.07, 6.45) is 0.980. The fourth-order valence-corrected chi connectivity index (χ4v) is 2.48. The monoisotopic (exact) mass is 351 g/mol. The van der Waals surface area contributed by atoms with Crippen LogP contribution in [0.3, 0.4) is 0 Å². The molecule has 136 valence electrons. The molecule has 2 rings (SSSR count). The van der Waals surface area contributed by atoms with Gasteiger partial charge in [0.05, 0.1) is 24.8 Å². The molecule has 0 spiro atoms. The molecule has 5 heteroatoms. The summed E-state index contributed by atoms with van der Waals surface area (Å²) in [5, 5.41) is 11.7. The van der Waals surface area contributed by atoms with Crippen LogP contribution in [0.25, 0.3) is 0 Å². The van der Waals surface area contributed by atoms with Crippen molar-refractivity contribution in [3.63, 3.8) is 0 Å². The normalized spacial score (nSPS) is 10.4. The summed E-state index contributed by atoms with van der Waals surface area (Å²) >= 11 is 0. The van der Waals surface area contributed by atoms with Gasteiger partial charge in [0, 0.05) is 13.1 Å². The number of rotatable bonds is 9. The molecular formula is C21H25N3O2. The maximum atomic E-state index is 12.1. The molecule has 0 saturated heterocycles. The zero-order valence-electron chi connectivity index (χ0n) is 15.4. The molecule has 0 aliphatic carbocycles. The molecular weight excluding hydrogens is 326 g/mol. The summed E-state index contributed by atoms with van der Waals surface area (Å²) in [7, 11) is 1.90. The number of ether oxygens (including phenoxy) is 1. The minimum atomic E-state index is -0.0209. The summed E-state index contributed by atoms with van der Waals surface area (Å²) in [4.78, 5) is 14.0. The molecule has 2 aromatic rings. The summed E-state index contributed by atoms with van der Waals surface area (Å²) in [5.74, 6) is 0.830. The summed E-state index contributed by atoms with van der Waals surface area (Å²) in [5.41, 5.74) is 2.75. The Bertz CT molecular complexity index is 733. The lowest BCUT2D eigenvalue weighted by Gasteiger charge is -2.16. The second-order valence-corrected chi connectivity index (χ2v) is 6.25. The molecule has 0 aliphatic heterocycles. The molecule has 0 bridgehead atoms. The lowest BCUT2D eigenvalue weighted by atomic mass is 10.1. The summed E-state index contributed by atoms with van der Waals surface area (Å²) in [6.45, 7) is 4.25. The first-order chi connectivity index (χ1) is 12.6. The third-order valence-corrected chi connectivity index (χ3v) is 3.83. The summed E-state index contributed by atoms with van der Waals surface area (Å²) < 4.78 is 5.55. The van der Waals surface area contributed by atoms with Gasteiger partial charge in [0.25, 0.3) is 0 Å². The minimum Gasteiger partial charge on any atom is -0.494 e. The van der Waals surface area contributed by atoms with E-state index >= 15 is 0 Å². The van der Waals surface area contributed by atoms with Gasteiger partial charge in [0.15, 0.2) is 0 Å². The quantitative estimate of drug-likeness (QED) is 0.754. The van der Waals surface area contributed by atoms with Gasteiger partial charge in [-0.1, -0.05) is 31.2 Å². The molecule has 0 atom stereocenters. The van der Waals surface area contributed by atoms with Crippen molar-refractivity contribution in [2.45, 2.75) is 26.4 Å². The van der Waals surface area contributed by atoms with Crippen molar-refractivity contribution in [3.05, 3.63) is 65.2 Å². The Morgan fingerprint density at radius 1 is 1.12 bits per heavy atom. The van der Waals surface area contributed by atoms with Gasteiger partial charge in [-0.05, 0) is 48.9 Å². The van der Waals surface area contributed by atoms with Crippen LogP contribution in [-0.2, 0) is 17.9 Å². The number of nitriles is 1. The Kier molecular flexibility index (Phi) is 7.66. The van der Waals surface area contributed by atoms with Gasteiger partial charge >= 0.3 is 0 Å². The molecule has 1 N–H and O–H groups in total. The highest BCUT2D eigenvalue weighted by molar-refractivity contribution is 5.77. The van der Waals surface area contributed by atoms with Gasteiger partial charge in [-0.2, -0.15) is 5.26 Å². The van der Waals surface area contributed by atoms with E-state index in [0.717, 1.165) is 23.3 Å². The lowest BCUT2D eigenvalue weighted by Crippen LogP contribution is -2.34. The molecule has 0 aromatic heterocycles. The van der Waals surface area contributed by atoms with Crippen molar-refractivity contribution in [3.8, 4) is 11.8 Å². The second-order valence-electron chi connectivity index (χ2n) is 6.25. The summed E-state index contributed by atoms with van der Waals surface area (Å²) in [6, 6.07) is 17.3. The highest BCUT2D eigenvalue weighted by Gasteiger charge is 2.07. The van der Waals surface area contributed by atoms with Crippen molar-refractivity contribution in [1.29, 1.82) is 5.26 Å². The fourth-order valence-electron chi connectivity index (χ4n) is 2.48. The van der Waals surface area contributed by atoms with E-state index < -0.39 is 0 Å². The van der Waals surface area contributed by atoms with Crippen molar-refractivity contribution >= 4 is 5.91 Å². The first-order valence-corrected chi connectivity index (χ1v) is 8.76. The lowest BCUT2D eigenvalue weighted by molar-refractivity contribution is -0.122. The highest BCUT2D eigenvalue weighted by Crippen LogP contribution is 2.12. The van der Waals surface area contributed by atoms with Crippen molar-refractivity contribution < 1.29 is 9.53 Å². The van der Waals surface area contributed by atoms with Crippen LogP contribution in [0.5, 0.6) is 5.75 Å². The minimum absolute atomic E-state index is 0.0209. The van der Waals surface area contributed by atoms with E-state index in [-0.39, 0.29) is 5.91 Å². The van der Waals surface area contributed by atoms with Crippen molar-refractivity contribution in [1.82, 2.24) is 10.2 Å².